The van der Waals surface area contributed by atoms with E-state index in [0.717, 1.165) is 32.2 Å². The summed E-state index contributed by atoms with van der Waals surface area (Å²) < 4.78 is 0. The van der Waals surface area contributed by atoms with Gasteiger partial charge in [0.2, 0.25) is 5.91 Å². The Balaban J connectivity index is 1.95. The van der Waals surface area contributed by atoms with Crippen molar-refractivity contribution >= 4 is 5.91 Å². The van der Waals surface area contributed by atoms with E-state index in [1.165, 1.54) is 0 Å². The zero-order valence-corrected chi connectivity index (χ0v) is 8.45. The molecule has 1 aliphatic carbocycles. The molecule has 0 spiro atoms. The van der Waals surface area contributed by atoms with Crippen LogP contribution in [-0.2, 0) is 9.63 Å². The number of carbonyl (C=O) groups is 1. The fourth-order valence-corrected chi connectivity index (χ4v) is 2.45. The molecule has 2 fully saturated rings. The minimum Gasteiger partial charge on any atom is -0.330 e. The Morgan fingerprint density at radius 1 is 1.43 bits per heavy atom. The summed E-state index contributed by atoms with van der Waals surface area (Å²) in [5.74, 6) is 0.667. The second-order valence-electron chi connectivity index (χ2n) is 4.16. The Hall–Kier alpha value is -0.610. The van der Waals surface area contributed by atoms with Gasteiger partial charge in [-0.2, -0.15) is 0 Å². The van der Waals surface area contributed by atoms with Crippen molar-refractivity contribution < 1.29 is 9.63 Å². The van der Waals surface area contributed by atoms with Gasteiger partial charge >= 0.3 is 0 Å². The van der Waals surface area contributed by atoms with E-state index in [1.54, 1.807) is 5.06 Å². The molecule has 2 N–H and O–H groups in total. The first-order valence-corrected chi connectivity index (χ1v) is 5.47. The number of nitrogens with two attached hydrogens (primary N) is 1. The summed E-state index contributed by atoms with van der Waals surface area (Å²) in [5.41, 5.74) is 5.65. The highest BCUT2D eigenvalue weighted by atomic mass is 16.7. The van der Waals surface area contributed by atoms with Gasteiger partial charge in [0.05, 0.1) is 13.2 Å². The van der Waals surface area contributed by atoms with Crippen molar-refractivity contribution in [1.82, 2.24) is 5.06 Å². The number of nitrogens with zero attached hydrogens (tertiary/aromatic N) is 1. The molecule has 1 amide bonds. The van der Waals surface area contributed by atoms with Crippen molar-refractivity contribution in [2.45, 2.75) is 25.7 Å². The highest BCUT2D eigenvalue weighted by molar-refractivity contribution is 5.78. The summed E-state index contributed by atoms with van der Waals surface area (Å²) in [6.07, 6.45) is 4.18. The summed E-state index contributed by atoms with van der Waals surface area (Å²) in [4.78, 5) is 17.2. The third-order valence-electron chi connectivity index (χ3n) is 3.28. The fourth-order valence-electron chi connectivity index (χ4n) is 2.45. The van der Waals surface area contributed by atoms with Crippen molar-refractivity contribution in [1.29, 1.82) is 0 Å². The topological polar surface area (TPSA) is 55.6 Å². The molecular weight excluding hydrogens is 180 g/mol. The van der Waals surface area contributed by atoms with Gasteiger partial charge in [-0.05, 0) is 31.7 Å². The first-order valence-electron chi connectivity index (χ1n) is 5.47. The molecular formula is C10H18N2O2. The van der Waals surface area contributed by atoms with Gasteiger partial charge in [0.15, 0.2) is 0 Å². The Morgan fingerprint density at radius 3 is 2.93 bits per heavy atom. The van der Waals surface area contributed by atoms with E-state index in [4.69, 9.17) is 10.6 Å². The van der Waals surface area contributed by atoms with Crippen LogP contribution in [0.25, 0.3) is 0 Å². The summed E-state index contributed by atoms with van der Waals surface area (Å²) in [5, 5.41) is 1.54. The fraction of sp³-hybridized carbons (Fsp3) is 0.900. The van der Waals surface area contributed by atoms with Crippen LogP contribution >= 0.6 is 0 Å². The maximum absolute atomic E-state index is 12.0. The highest BCUT2D eigenvalue weighted by Crippen LogP contribution is 2.32. The Bertz CT molecular complexity index is 214. The molecule has 1 aliphatic heterocycles. The molecule has 0 aromatic carbocycles. The third kappa shape index (κ3) is 1.77. The molecule has 0 radical (unpaired) electrons. The van der Waals surface area contributed by atoms with E-state index in [1.807, 2.05) is 0 Å². The average Bonchev–Trinajstić information content (AvgIpc) is 2.87. The van der Waals surface area contributed by atoms with E-state index in [9.17, 15) is 4.79 Å². The van der Waals surface area contributed by atoms with Gasteiger partial charge in [-0.15, -0.1) is 0 Å². The molecule has 4 heteroatoms. The van der Waals surface area contributed by atoms with Crippen LogP contribution in [0, 0.1) is 11.8 Å². The molecule has 14 heavy (non-hydrogen) atoms. The van der Waals surface area contributed by atoms with E-state index in [2.05, 4.69) is 0 Å². The summed E-state index contributed by atoms with van der Waals surface area (Å²) in [6.45, 7) is 2.07. The number of rotatable bonds is 2. The third-order valence-corrected chi connectivity index (χ3v) is 3.28. The Kier molecular flexibility index (Phi) is 3.03. The van der Waals surface area contributed by atoms with E-state index >= 15 is 0 Å². The maximum atomic E-state index is 12.0. The molecule has 1 heterocycles. The predicted molar refractivity (Wildman–Crippen MR) is 52.2 cm³/mol. The van der Waals surface area contributed by atoms with E-state index in [0.29, 0.717) is 19.1 Å². The summed E-state index contributed by atoms with van der Waals surface area (Å²) in [7, 11) is 0. The molecule has 0 bridgehead atoms. The molecule has 2 aliphatic rings. The SMILES string of the molecule is NCC1CCCC1C(=O)N1CCCO1. The second-order valence-corrected chi connectivity index (χ2v) is 4.16. The lowest BCUT2D eigenvalue weighted by Crippen LogP contribution is -2.36. The zero-order valence-electron chi connectivity index (χ0n) is 8.45. The zero-order chi connectivity index (χ0) is 9.97. The summed E-state index contributed by atoms with van der Waals surface area (Å²) >= 11 is 0. The Morgan fingerprint density at radius 2 is 2.29 bits per heavy atom. The number of hydrogen-bond acceptors (Lipinski definition) is 3. The van der Waals surface area contributed by atoms with Crippen molar-refractivity contribution in [2.24, 2.45) is 17.6 Å². The second kappa shape index (κ2) is 4.28. The molecule has 2 unspecified atom stereocenters. The van der Waals surface area contributed by atoms with Gasteiger partial charge in [-0.3, -0.25) is 9.63 Å². The van der Waals surface area contributed by atoms with Crippen LogP contribution in [0.15, 0.2) is 0 Å². The van der Waals surface area contributed by atoms with Gasteiger partial charge in [0, 0.05) is 5.92 Å². The normalized spacial score (nSPS) is 32.5. The van der Waals surface area contributed by atoms with Crippen LogP contribution < -0.4 is 5.73 Å². The summed E-state index contributed by atoms with van der Waals surface area (Å²) in [6, 6.07) is 0. The minimum atomic E-state index is 0.123. The average molecular weight is 198 g/mol. The van der Waals surface area contributed by atoms with Crippen LogP contribution in [0.3, 0.4) is 0 Å². The van der Waals surface area contributed by atoms with Gasteiger partial charge in [0.25, 0.3) is 0 Å². The van der Waals surface area contributed by atoms with Crippen molar-refractivity contribution in [2.75, 3.05) is 19.7 Å². The van der Waals surface area contributed by atoms with E-state index < -0.39 is 0 Å². The quantitative estimate of drug-likeness (QED) is 0.704. The highest BCUT2D eigenvalue weighted by Gasteiger charge is 2.36. The van der Waals surface area contributed by atoms with Crippen LogP contribution in [0.1, 0.15) is 25.7 Å². The molecule has 0 aromatic heterocycles. The predicted octanol–water partition coefficient (Wildman–Crippen LogP) is 0.525. The molecule has 2 atom stereocenters. The van der Waals surface area contributed by atoms with Crippen LogP contribution in [0.4, 0.5) is 0 Å². The van der Waals surface area contributed by atoms with Crippen LogP contribution in [0.2, 0.25) is 0 Å². The molecule has 80 valence electrons. The number of hydroxylamine groups is 2. The van der Waals surface area contributed by atoms with Crippen LogP contribution in [0.5, 0.6) is 0 Å². The van der Waals surface area contributed by atoms with Gasteiger partial charge < -0.3 is 5.73 Å². The maximum Gasteiger partial charge on any atom is 0.249 e. The molecule has 4 nitrogen and oxygen atoms in total. The van der Waals surface area contributed by atoms with Crippen molar-refractivity contribution in [3.8, 4) is 0 Å². The molecule has 1 saturated heterocycles. The number of carbonyl (C=O) groups excluding carboxylic acids is 1. The Labute approximate surface area is 84.3 Å². The first kappa shape index (κ1) is 9.93. The smallest absolute Gasteiger partial charge is 0.249 e. The van der Waals surface area contributed by atoms with Gasteiger partial charge in [-0.25, -0.2) is 5.06 Å². The van der Waals surface area contributed by atoms with Crippen LogP contribution in [-0.4, -0.2) is 30.7 Å². The lowest BCUT2D eigenvalue weighted by Gasteiger charge is -2.22. The molecule has 1 saturated carbocycles. The van der Waals surface area contributed by atoms with Crippen molar-refractivity contribution in [3.05, 3.63) is 0 Å². The van der Waals surface area contributed by atoms with E-state index in [-0.39, 0.29) is 11.8 Å². The van der Waals surface area contributed by atoms with Crippen molar-refractivity contribution in [3.63, 3.8) is 0 Å². The van der Waals surface area contributed by atoms with Gasteiger partial charge in [-0.1, -0.05) is 6.42 Å². The monoisotopic (exact) mass is 198 g/mol. The molecule has 2 rings (SSSR count). The largest absolute Gasteiger partial charge is 0.330 e. The minimum absolute atomic E-state index is 0.123. The number of hydrogen-bond donors (Lipinski definition) is 1. The first-order chi connectivity index (χ1) is 6.83. The lowest BCUT2D eigenvalue weighted by molar-refractivity contribution is -0.174. The number of amides is 1. The lowest BCUT2D eigenvalue weighted by atomic mass is 9.95. The standard InChI is InChI=1S/C10H18N2O2/c11-7-8-3-1-4-9(8)10(13)12-5-2-6-14-12/h8-9H,1-7,11H2. The molecule has 0 aromatic rings. The van der Waals surface area contributed by atoms with Gasteiger partial charge in [0.1, 0.15) is 0 Å².